The standard InChI is InChI=1S/C23H15BrClNO2S2/c24-19-10-9-17(13-20(19)25)26-22(27)21(30-23(26)29)12-16-7-4-8-18(11-16)28-14-15-5-2-1-3-6-15/h1-13H,14H2. The Morgan fingerprint density at radius 2 is 1.87 bits per heavy atom. The molecule has 0 bridgehead atoms. The minimum Gasteiger partial charge on any atom is -0.489 e. The molecule has 0 spiro atoms. The first-order valence-electron chi connectivity index (χ1n) is 9.01. The van der Waals surface area contributed by atoms with Crippen molar-refractivity contribution in [3.8, 4) is 5.75 Å². The molecule has 7 heteroatoms. The van der Waals surface area contributed by atoms with Crippen LogP contribution >= 0.6 is 51.5 Å². The van der Waals surface area contributed by atoms with Gasteiger partial charge in [0.25, 0.3) is 5.91 Å². The fourth-order valence-corrected chi connectivity index (χ4v) is 4.62. The lowest BCUT2D eigenvalue weighted by Crippen LogP contribution is -2.27. The number of thiocarbonyl (C=S) groups is 1. The molecule has 30 heavy (non-hydrogen) atoms. The van der Waals surface area contributed by atoms with Crippen LogP contribution in [0.3, 0.4) is 0 Å². The van der Waals surface area contributed by atoms with Gasteiger partial charge in [-0.3, -0.25) is 9.69 Å². The summed E-state index contributed by atoms with van der Waals surface area (Å²) < 4.78 is 7.12. The molecule has 0 unspecified atom stereocenters. The Hall–Kier alpha value is -2.12. The minimum atomic E-state index is -0.168. The molecule has 150 valence electrons. The maximum atomic E-state index is 13.0. The SMILES string of the molecule is O=C1C(=Cc2cccc(OCc3ccccc3)c2)SC(=S)N1c1ccc(Br)c(Cl)c1. The van der Waals surface area contributed by atoms with Gasteiger partial charge >= 0.3 is 0 Å². The second-order valence-corrected chi connectivity index (χ2v) is 9.40. The lowest BCUT2D eigenvalue weighted by Gasteiger charge is -2.15. The van der Waals surface area contributed by atoms with Crippen LogP contribution in [0.2, 0.25) is 5.02 Å². The van der Waals surface area contributed by atoms with Gasteiger partial charge in [0.2, 0.25) is 0 Å². The van der Waals surface area contributed by atoms with Crippen LogP contribution in [-0.2, 0) is 11.4 Å². The molecule has 3 aromatic carbocycles. The van der Waals surface area contributed by atoms with Gasteiger partial charge in [-0.05, 0) is 63.5 Å². The maximum Gasteiger partial charge on any atom is 0.270 e. The highest BCUT2D eigenvalue weighted by molar-refractivity contribution is 9.10. The number of halogens is 2. The molecule has 4 rings (SSSR count). The van der Waals surface area contributed by atoms with Crippen molar-refractivity contribution in [3.05, 3.63) is 98.3 Å². The Labute approximate surface area is 197 Å². The molecule has 0 radical (unpaired) electrons. The van der Waals surface area contributed by atoms with Gasteiger partial charge in [0, 0.05) is 4.47 Å². The molecule has 1 aliphatic rings. The number of carbonyl (C=O) groups excluding carboxylic acids is 1. The predicted molar refractivity (Wildman–Crippen MR) is 132 cm³/mol. The lowest BCUT2D eigenvalue weighted by molar-refractivity contribution is -0.113. The number of rotatable bonds is 5. The molecule has 1 aliphatic heterocycles. The highest BCUT2D eigenvalue weighted by Gasteiger charge is 2.33. The first-order chi connectivity index (χ1) is 14.5. The number of anilines is 1. The van der Waals surface area contributed by atoms with Gasteiger partial charge in [-0.15, -0.1) is 0 Å². The van der Waals surface area contributed by atoms with Gasteiger partial charge in [0.05, 0.1) is 15.6 Å². The van der Waals surface area contributed by atoms with Crippen molar-refractivity contribution >= 4 is 73.5 Å². The van der Waals surface area contributed by atoms with Crippen molar-refractivity contribution in [1.29, 1.82) is 0 Å². The largest absolute Gasteiger partial charge is 0.489 e. The summed E-state index contributed by atoms with van der Waals surface area (Å²) in [5.41, 5.74) is 2.61. The molecule has 0 aromatic heterocycles. The van der Waals surface area contributed by atoms with E-state index in [0.29, 0.717) is 26.5 Å². The van der Waals surface area contributed by atoms with Crippen LogP contribution in [0, 0.1) is 0 Å². The van der Waals surface area contributed by atoms with Gasteiger partial charge in [0.15, 0.2) is 4.32 Å². The first-order valence-corrected chi connectivity index (χ1v) is 11.4. The van der Waals surface area contributed by atoms with Crippen molar-refractivity contribution in [3.63, 3.8) is 0 Å². The molecule has 1 heterocycles. The smallest absolute Gasteiger partial charge is 0.270 e. The fourth-order valence-electron chi connectivity index (χ4n) is 2.90. The third-order valence-electron chi connectivity index (χ3n) is 4.36. The molecular weight excluding hydrogens is 502 g/mol. The average molecular weight is 517 g/mol. The Morgan fingerprint density at radius 1 is 1.07 bits per heavy atom. The number of thioether (sulfide) groups is 1. The van der Waals surface area contributed by atoms with Crippen LogP contribution in [0.1, 0.15) is 11.1 Å². The van der Waals surface area contributed by atoms with E-state index in [9.17, 15) is 4.79 Å². The Bertz CT molecular complexity index is 1150. The van der Waals surface area contributed by atoms with Gasteiger partial charge in [-0.2, -0.15) is 0 Å². The second kappa shape index (κ2) is 9.35. The van der Waals surface area contributed by atoms with Gasteiger partial charge in [0.1, 0.15) is 12.4 Å². The molecule has 3 nitrogen and oxygen atoms in total. The monoisotopic (exact) mass is 515 g/mol. The minimum absolute atomic E-state index is 0.168. The zero-order valence-electron chi connectivity index (χ0n) is 15.5. The number of nitrogens with zero attached hydrogens (tertiary/aromatic N) is 1. The molecule has 1 saturated heterocycles. The van der Waals surface area contributed by atoms with Crippen LogP contribution in [0.25, 0.3) is 6.08 Å². The highest BCUT2D eigenvalue weighted by Crippen LogP contribution is 2.38. The predicted octanol–water partition coefficient (Wildman–Crippen LogP) is 7.09. The Morgan fingerprint density at radius 3 is 2.63 bits per heavy atom. The third kappa shape index (κ3) is 4.78. The summed E-state index contributed by atoms with van der Waals surface area (Å²) in [7, 11) is 0. The van der Waals surface area contributed by atoms with Crippen LogP contribution in [0.4, 0.5) is 5.69 Å². The number of carbonyl (C=O) groups is 1. The van der Waals surface area contributed by atoms with E-state index in [4.69, 9.17) is 28.6 Å². The number of ether oxygens (including phenoxy) is 1. The number of hydrogen-bond donors (Lipinski definition) is 0. The van der Waals surface area contributed by atoms with Crippen LogP contribution < -0.4 is 9.64 Å². The molecule has 0 N–H and O–H groups in total. The van der Waals surface area contributed by atoms with Gasteiger partial charge < -0.3 is 4.74 Å². The summed E-state index contributed by atoms with van der Waals surface area (Å²) in [6, 6.07) is 22.9. The van der Waals surface area contributed by atoms with E-state index in [1.165, 1.54) is 16.7 Å². The number of amides is 1. The van der Waals surface area contributed by atoms with Gasteiger partial charge in [-0.1, -0.05) is 78.0 Å². The molecule has 3 aromatic rings. The molecule has 0 atom stereocenters. The zero-order chi connectivity index (χ0) is 21.1. The van der Waals surface area contributed by atoms with E-state index in [0.717, 1.165) is 21.3 Å². The quantitative estimate of drug-likeness (QED) is 0.267. The van der Waals surface area contributed by atoms with E-state index < -0.39 is 0 Å². The van der Waals surface area contributed by atoms with Crippen molar-refractivity contribution < 1.29 is 9.53 Å². The fraction of sp³-hybridized carbons (Fsp3) is 0.0435. The first kappa shape index (κ1) is 21.1. The highest BCUT2D eigenvalue weighted by atomic mass is 79.9. The molecule has 1 fully saturated rings. The van der Waals surface area contributed by atoms with Crippen molar-refractivity contribution in [2.75, 3.05) is 4.90 Å². The summed E-state index contributed by atoms with van der Waals surface area (Å²) >= 11 is 16.3. The maximum absolute atomic E-state index is 13.0. The summed E-state index contributed by atoms with van der Waals surface area (Å²) in [6.45, 7) is 0.483. The van der Waals surface area contributed by atoms with E-state index in [1.807, 2.05) is 66.7 Å². The molecule has 0 saturated carbocycles. The lowest BCUT2D eigenvalue weighted by atomic mass is 10.2. The summed E-state index contributed by atoms with van der Waals surface area (Å²) in [6.07, 6.45) is 1.83. The summed E-state index contributed by atoms with van der Waals surface area (Å²) in [4.78, 5) is 15.0. The van der Waals surface area contributed by atoms with Crippen LogP contribution in [0.15, 0.2) is 82.2 Å². The van der Waals surface area contributed by atoms with Crippen LogP contribution in [-0.4, -0.2) is 10.2 Å². The molecule has 1 amide bonds. The van der Waals surface area contributed by atoms with Crippen molar-refractivity contribution in [2.24, 2.45) is 0 Å². The van der Waals surface area contributed by atoms with E-state index >= 15 is 0 Å². The van der Waals surface area contributed by atoms with Crippen molar-refractivity contribution in [1.82, 2.24) is 0 Å². The number of hydrogen-bond acceptors (Lipinski definition) is 4. The summed E-state index contributed by atoms with van der Waals surface area (Å²) in [5, 5.41) is 0.522. The van der Waals surface area contributed by atoms with E-state index in [1.54, 1.807) is 12.1 Å². The Kier molecular flexibility index (Phi) is 6.58. The topological polar surface area (TPSA) is 29.5 Å². The van der Waals surface area contributed by atoms with E-state index in [2.05, 4.69) is 15.9 Å². The average Bonchev–Trinajstić information content (AvgIpc) is 3.02. The van der Waals surface area contributed by atoms with Crippen LogP contribution in [0.5, 0.6) is 5.75 Å². The van der Waals surface area contributed by atoms with Gasteiger partial charge in [-0.25, -0.2) is 0 Å². The van der Waals surface area contributed by atoms with Crippen molar-refractivity contribution in [2.45, 2.75) is 6.61 Å². The van der Waals surface area contributed by atoms with E-state index in [-0.39, 0.29) is 5.91 Å². The summed E-state index contributed by atoms with van der Waals surface area (Å²) in [5.74, 6) is 0.571. The zero-order valence-corrected chi connectivity index (χ0v) is 19.5. The second-order valence-electron chi connectivity index (χ2n) is 6.46. The number of benzene rings is 3. The normalized spacial score (nSPS) is 15.1. The molecular formula is C23H15BrClNO2S2. The third-order valence-corrected chi connectivity index (χ3v) is 6.89. The molecule has 0 aliphatic carbocycles. The Balaban J connectivity index is 1.52.